The molecule has 0 aliphatic rings. The van der Waals surface area contributed by atoms with Crippen molar-refractivity contribution in [2.75, 3.05) is 5.32 Å². The zero-order valence-electron chi connectivity index (χ0n) is 13.9. The van der Waals surface area contributed by atoms with E-state index in [0.29, 0.717) is 16.8 Å². The van der Waals surface area contributed by atoms with Gasteiger partial charge in [0.1, 0.15) is 0 Å². The van der Waals surface area contributed by atoms with Crippen molar-refractivity contribution in [2.24, 2.45) is 0 Å². The lowest BCUT2D eigenvalue weighted by molar-refractivity contribution is 0.102. The topological polar surface area (TPSA) is 86.6 Å². The van der Waals surface area contributed by atoms with E-state index in [1.54, 1.807) is 36.4 Å². The maximum atomic E-state index is 12.8. The molecule has 0 heterocycles. The van der Waals surface area contributed by atoms with Gasteiger partial charge in [0, 0.05) is 11.3 Å². The summed E-state index contributed by atoms with van der Waals surface area (Å²) in [5, 5.41) is 2.78. The lowest BCUT2D eigenvalue weighted by atomic mass is 9.99. The zero-order valence-corrected chi connectivity index (χ0v) is 14.8. The molecule has 0 atom stereocenters. The minimum atomic E-state index is -4.24. The van der Waals surface area contributed by atoms with Gasteiger partial charge < -0.3 is 15.1 Å². The number of rotatable bonds is 5. The van der Waals surface area contributed by atoms with Crippen LogP contribution in [-0.4, -0.2) is 15.7 Å². The van der Waals surface area contributed by atoms with Gasteiger partial charge in [-0.2, -0.15) is 0 Å². The molecule has 3 rings (SSSR count). The molecule has 0 saturated heterocycles. The van der Waals surface area contributed by atoms with Gasteiger partial charge in [0.25, 0.3) is 5.91 Å². The van der Waals surface area contributed by atoms with E-state index in [4.69, 9.17) is 0 Å². The van der Waals surface area contributed by atoms with Crippen molar-refractivity contribution in [3.05, 3.63) is 90.0 Å². The Morgan fingerprint density at radius 2 is 1.46 bits per heavy atom. The summed E-state index contributed by atoms with van der Waals surface area (Å²) in [5.74, 6) is -0.331. The average molecular weight is 367 g/mol. The van der Waals surface area contributed by atoms with Gasteiger partial charge >= 0.3 is 7.60 Å². The van der Waals surface area contributed by atoms with Crippen LogP contribution in [-0.2, 0) is 10.7 Å². The molecule has 0 unspecified atom stereocenters. The van der Waals surface area contributed by atoms with Gasteiger partial charge in [-0.3, -0.25) is 9.36 Å². The molecule has 0 spiro atoms. The second-order valence-electron chi connectivity index (χ2n) is 5.85. The molecule has 3 aromatic carbocycles. The van der Waals surface area contributed by atoms with Gasteiger partial charge in [-0.25, -0.2) is 0 Å². The predicted octanol–water partition coefficient (Wildman–Crippen LogP) is 4.28. The van der Waals surface area contributed by atoms with Crippen LogP contribution in [0.25, 0.3) is 11.1 Å². The van der Waals surface area contributed by atoms with Gasteiger partial charge in [-0.1, -0.05) is 66.7 Å². The van der Waals surface area contributed by atoms with Crippen molar-refractivity contribution >= 4 is 19.2 Å². The first-order chi connectivity index (χ1) is 12.4. The van der Waals surface area contributed by atoms with E-state index in [9.17, 15) is 19.1 Å². The number of para-hydroxylation sites is 1. The molecule has 0 aromatic heterocycles. The summed E-state index contributed by atoms with van der Waals surface area (Å²) in [4.78, 5) is 31.3. The number of nitrogens with one attached hydrogen (secondary N) is 1. The Labute approximate surface area is 151 Å². The Morgan fingerprint density at radius 3 is 2.19 bits per heavy atom. The molecule has 0 bridgehead atoms. The second kappa shape index (κ2) is 7.67. The van der Waals surface area contributed by atoms with Crippen LogP contribution in [0.3, 0.4) is 0 Å². The first-order valence-corrected chi connectivity index (χ1v) is 9.82. The molecular weight excluding hydrogens is 349 g/mol. The molecule has 3 N–H and O–H groups in total. The van der Waals surface area contributed by atoms with Crippen LogP contribution < -0.4 is 5.32 Å². The minimum Gasteiger partial charge on any atom is -0.324 e. The number of anilines is 1. The van der Waals surface area contributed by atoms with E-state index in [1.807, 2.05) is 42.5 Å². The van der Waals surface area contributed by atoms with E-state index in [0.717, 1.165) is 11.1 Å². The van der Waals surface area contributed by atoms with E-state index in [1.165, 1.54) is 0 Å². The number of hydrogen-bond donors (Lipinski definition) is 3. The van der Waals surface area contributed by atoms with Crippen LogP contribution in [0.2, 0.25) is 0 Å². The van der Waals surface area contributed by atoms with Gasteiger partial charge in [-0.15, -0.1) is 0 Å². The summed E-state index contributed by atoms with van der Waals surface area (Å²) in [6, 6.07) is 23.4. The molecule has 3 aromatic rings. The molecule has 0 fully saturated rings. The highest BCUT2D eigenvalue weighted by atomic mass is 31.2. The van der Waals surface area contributed by atoms with Crippen molar-refractivity contribution in [1.29, 1.82) is 0 Å². The van der Waals surface area contributed by atoms with Crippen LogP contribution in [0, 0.1) is 0 Å². The number of amides is 1. The molecular formula is C20H18NO4P. The fraction of sp³-hybridized carbons (Fsp3) is 0.0500. The van der Waals surface area contributed by atoms with Crippen LogP contribution >= 0.6 is 7.60 Å². The SMILES string of the molecule is O=C(Nc1ccccc1CP(=O)(O)O)c1ccccc1-c1ccccc1. The van der Waals surface area contributed by atoms with Crippen molar-refractivity contribution in [3.63, 3.8) is 0 Å². The second-order valence-corrected chi connectivity index (χ2v) is 7.49. The number of benzene rings is 3. The molecule has 132 valence electrons. The molecule has 5 nitrogen and oxygen atoms in total. The highest BCUT2D eigenvalue weighted by Crippen LogP contribution is 2.41. The number of carbonyl (C=O) groups is 1. The Kier molecular flexibility index (Phi) is 5.33. The summed E-state index contributed by atoms with van der Waals surface area (Å²) in [6.45, 7) is 0. The van der Waals surface area contributed by atoms with E-state index >= 15 is 0 Å². The Hall–Kier alpha value is -2.72. The lowest BCUT2D eigenvalue weighted by Gasteiger charge is -2.14. The molecule has 0 radical (unpaired) electrons. The quantitative estimate of drug-likeness (QED) is 0.588. The predicted molar refractivity (Wildman–Crippen MR) is 102 cm³/mol. The Balaban J connectivity index is 1.92. The maximum Gasteiger partial charge on any atom is 0.329 e. The van der Waals surface area contributed by atoms with Gasteiger partial charge in [0.05, 0.1) is 6.16 Å². The first kappa shape index (κ1) is 18.1. The van der Waals surface area contributed by atoms with E-state index in [2.05, 4.69) is 5.32 Å². The summed E-state index contributed by atoms with van der Waals surface area (Å²) in [7, 11) is -4.24. The summed E-state index contributed by atoms with van der Waals surface area (Å²) in [5.41, 5.74) is 2.99. The maximum absolute atomic E-state index is 12.8. The minimum absolute atomic E-state index is 0.331. The van der Waals surface area contributed by atoms with Crippen LogP contribution in [0.5, 0.6) is 0 Å². The van der Waals surface area contributed by atoms with Gasteiger partial charge in [0.15, 0.2) is 0 Å². The normalized spacial score (nSPS) is 11.2. The fourth-order valence-electron chi connectivity index (χ4n) is 2.74. The summed E-state index contributed by atoms with van der Waals surface area (Å²) >= 11 is 0. The highest BCUT2D eigenvalue weighted by Gasteiger charge is 2.18. The molecule has 0 aliphatic carbocycles. The molecule has 6 heteroatoms. The van der Waals surface area contributed by atoms with Crippen molar-refractivity contribution in [1.82, 2.24) is 0 Å². The number of carbonyl (C=O) groups excluding carboxylic acids is 1. The van der Waals surface area contributed by atoms with Gasteiger partial charge in [-0.05, 0) is 28.8 Å². The van der Waals surface area contributed by atoms with Crippen molar-refractivity contribution < 1.29 is 19.1 Å². The Morgan fingerprint density at radius 1 is 0.846 bits per heavy atom. The standard InChI is InChI=1S/C20H18NO4P/c22-20(21-19-13-7-4-10-16(19)14-26(23,24)25)18-12-6-5-11-17(18)15-8-2-1-3-9-15/h1-13H,14H2,(H,21,22)(H2,23,24,25). The third-order valence-electron chi connectivity index (χ3n) is 3.90. The third-order valence-corrected chi connectivity index (χ3v) is 4.65. The first-order valence-electron chi connectivity index (χ1n) is 8.02. The zero-order chi connectivity index (χ0) is 18.6. The number of hydrogen-bond acceptors (Lipinski definition) is 2. The van der Waals surface area contributed by atoms with Crippen molar-refractivity contribution in [3.8, 4) is 11.1 Å². The monoisotopic (exact) mass is 367 g/mol. The molecule has 26 heavy (non-hydrogen) atoms. The largest absolute Gasteiger partial charge is 0.329 e. The fourth-order valence-corrected chi connectivity index (χ4v) is 3.46. The van der Waals surface area contributed by atoms with Crippen molar-refractivity contribution in [2.45, 2.75) is 6.16 Å². The molecule has 0 aliphatic heterocycles. The third kappa shape index (κ3) is 4.46. The summed E-state index contributed by atoms with van der Waals surface area (Å²) < 4.78 is 11.3. The smallest absolute Gasteiger partial charge is 0.324 e. The van der Waals surface area contributed by atoms with Crippen LogP contribution in [0.4, 0.5) is 5.69 Å². The van der Waals surface area contributed by atoms with Crippen LogP contribution in [0.1, 0.15) is 15.9 Å². The molecule has 1 amide bonds. The highest BCUT2D eigenvalue weighted by molar-refractivity contribution is 7.50. The van der Waals surface area contributed by atoms with Crippen LogP contribution in [0.15, 0.2) is 78.9 Å². The van der Waals surface area contributed by atoms with Gasteiger partial charge in [0.2, 0.25) is 0 Å². The van der Waals surface area contributed by atoms with E-state index < -0.39 is 13.8 Å². The molecule has 0 saturated carbocycles. The van der Waals surface area contributed by atoms with E-state index in [-0.39, 0.29) is 5.91 Å². The summed E-state index contributed by atoms with van der Waals surface area (Å²) in [6.07, 6.45) is -0.427. The Bertz CT molecular complexity index is 966. The average Bonchev–Trinajstić information content (AvgIpc) is 2.63. The lowest BCUT2D eigenvalue weighted by Crippen LogP contribution is -2.14.